The average molecular weight is 203 g/mol. The van der Waals surface area contributed by atoms with Gasteiger partial charge in [-0.15, -0.1) is 0 Å². The molecule has 1 nitrogen and oxygen atoms in total. The fraction of sp³-hybridized carbons (Fsp3) is 0.571. The largest absolute Gasteiger partial charge is 0.330 e. The number of hydrogen-bond donors (Lipinski definition) is 1. The Kier molecular flexibility index (Phi) is 3.11. The number of rotatable bonds is 2. The summed E-state index contributed by atoms with van der Waals surface area (Å²) in [6.07, 6.45) is 3.71. The zero-order valence-electron chi connectivity index (χ0n) is 9.79. The number of hydrogen-bond acceptors (Lipinski definition) is 1. The summed E-state index contributed by atoms with van der Waals surface area (Å²) in [5.41, 5.74) is 10.5. The molecule has 2 N–H and O–H groups in total. The summed E-state index contributed by atoms with van der Waals surface area (Å²) >= 11 is 0. The first kappa shape index (κ1) is 10.7. The molecule has 1 aliphatic rings. The number of benzene rings is 1. The van der Waals surface area contributed by atoms with E-state index in [0.29, 0.717) is 11.8 Å². The van der Waals surface area contributed by atoms with E-state index in [1.807, 2.05) is 0 Å². The van der Waals surface area contributed by atoms with Crippen LogP contribution in [0.25, 0.3) is 0 Å². The van der Waals surface area contributed by atoms with Crippen LogP contribution in [0.3, 0.4) is 0 Å². The maximum Gasteiger partial charge on any atom is -0.00429 e. The van der Waals surface area contributed by atoms with Gasteiger partial charge in [-0.3, -0.25) is 0 Å². The highest BCUT2D eigenvalue weighted by Crippen LogP contribution is 2.38. The minimum Gasteiger partial charge on any atom is -0.330 e. The van der Waals surface area contributed by atoms with Gasteiger partial charge in [0, 0.05) is 0 Å². The Morgan fingerprint density at radius 1 is 1.40 bits per heavy atom. The first-order valence-electron chi connectivity index (χ1n) is 6.06. The second-order valence-electron chi connectivity index (χ2n) is 4.69. The second-order valence-corrected chi connectivity index (χ2v) is 4.69. The van der Waals surface area contributed by atoms with Gasteiger partial charge in [0.15, 0.2) is 0 Å². The zero-order valence-corrected chi connectivity index (χ0v) is 9.79. The molecule has 0 spiro atoms. The lowest BCUT2D eigenvalue weighted by Gasteiger charge is -2.33. The predicted molar refractivity (Wildman–Crippen MR) is 65.1 cm³/mol. The van der Waals surface area contributed by atoms with E-state index in [4.69, 9.17) is 5.73 Å². The summed E-state index contributed by atoms with van der Waals surface area (Å²) in [6.45, 7) is 5.35. The molecule has 0 fully saturated rings. The monoisotopic (exact) mass is 203 g/mol. The van der Waals surface area contributed by atoms with Crippen LogP contribution in [-0.4, -0.2) is 6.54 Å². The van der Waals surface area contributed by atoms with Crippen molar-refractivity contribution in [2.75, 3.05) is 6.54 Å². The minimum absolute atomic E-state index is 0.693. The Bertz CT molecular complexity index is 343. The van der Waals surface area contributed by atoms with Gasteiger partial charge in [0.2, 0.25) is 0 Å². The Morgan fingerprint density at radius 3 is 2.87 bits per heavy atom. The van der Waals surface area contributed by atoms with E-state index in [1.54, 1.807) is 11.1 Å². The maximum absolute atomic E-state index is 5.86. The van der Waals surface area contributed by atoms with Crippen LogP contribution >= 0.6 is 0 Å². The molecule has 2 unspecified atom stereocenters. The molecule has 1 aromatic rings. The molecule has 0 heterocycles. The lowest BCUT2D eigenvalue weighted by Crippen LogP contribution is -2.27. The molecular weight excluding hydrogens is 182 g/mol. The van der Waals surface area contributed by atoms with E-state index in [2.05, 4.69) is 32.0 Å². The number of fused-ring (bicyclic) bond motifs is 1. The van der Waals surface area contributed by atoms with Crippen LogP contribution in [0.4, 0.5) is 0 Å². The second kappa shape index (κ2) is 4.36. The van der Waals surface area contributed by atoms with Crippen LogP contribution in [0, 0.1) is 12.8 Å². The van der Waals surface area contributed by atoms with Gasteiger partial charge in [0.1, 0.15) is 0 Å². The molecule has 0 bridgehead atoms. The molecule has 0 saturated heterocycles. The van der Waals surface area contributed by atoms with Crippen LogP contribution in [0.15, 0.2) is 18.2 Å². The number of aryl methyl sites for hydroxylation is 1. The van der Waals surface area contributed by atoms with Gasteiger partial charge in [-0.2, -0.15) is 0 Å². The SMILES string of the molecule is CCC1c2cccc(C)c2CCC1CN. The third kappa shape index (κ3) is 1.81. The van der Waals surface area contributed by atoms with Gasteiger partial charge in [-0.05, 0) is 61.3 Å². The fourth-order valence-corrected chi connectivity index (χ4v) is 3.03. The standard InChI is InChI=1S/C14H21N/c1-3-12-11(9-15)7-8-13-10(2)5-4-6-14(12)13/h4-6,11-12H,3,7-9,15H2,1-2H3. The smallest absolute Gasteiger partial charge is 0.00429 e. The maximum atomic E-state index is 5.86. The predicted octanol–water partition coefficient (Wildman–Crippen LogP) is 3.01. The molecule has 0 radical (unpaired) electrons. The van der Waals surface area contributed by atoms with Crippen LogP contribution in [0.5, 0.6) is 0 Å². The summed E-state index contributed by atoms with van der Waals surface area (Å²) in [5.74, 6) is 1.39. The van der Waals surface area contributed by atoms with Gasteiger partial charge < -0.3 is 5.73 Å². The quantitative estimate of drug-likeness (QED) is 0.785. The number of nitrogens with two attached hydrogens (primary N) is 1. The van der Waals surface area contributed by atoms with Gasteiger partial charge in [0.25, 0.3) is 0 Å². The zero-order chi connectivity index (χ0) is 10.8. The van der Waals surface area contributed by atoms with E-state index < -0.39 is 0 Å². The highest BCUT2D eigenvalue weighted by molar-refractivity contribution is 5.39. The first-order valence-corrected chi connectivity index (χ1v) is 6.06. The van der Waals surface area contributed by atoms with Crippen LogP contribution in [0.2, 0.25) is 0 Å². The summed E-state index contributed by atoms with van der Waals surface area (Å²) in [5, 5.41) is 0. The summed E-state index contributed by atoms with van der Waals surface area (Å²) in [7, 11) is 0. The molecule has 82 valence electrons. The van der Waals surface area contributed by atoms with Gasteiger partial charge in [-0.1, -0.05) is 25.1 Å². The van der Waals surface area contributed by atoms with Crippen molar-refractivity contribution in [3.8, 4) is 0 Å². The van der Waals surface area contributed by atoms with Gasteiger partial charge in [-0.25, -0.2) is 0 Å². The Morgan fingerprint density at radius 2 is 2.20 bits per heavy atom. The van der Waals surface area contributed by atoms with E-state index >= 15 is 0 Å². The molecule has 1 heteroatoms. The normalized spacial score (nSPS) is 25.0. The average Bonchev–Trinajstić information content (AvgIpc) is 2.28. The topological polar surface area (TPSA) is 26.0 Å². The van der Waals surface area contributed by atoms with Crippen molar-refractivity contribution in [3.05, 3.63) is 34.9 Å². The first-order chi connectivity index (χ1) is 7.27. The molecule has 2 rings (SSSR count). The van der Waals surface area contributed by atoms with Gasteiger partial charge >= 0.3 is 0 Å². The highest BCUT2D eigenvalue weighted by atomic mass is 14.6. The Balaban J connectivity index is 2.41. The molecule has 0 saturated carbocycles. The van der Waals surface area contributed by atoms with Crippen molar-refractivity contribution < 1.29 is 0 Å². The van der Waals surface area contributed by atoms with Crippen LogP contribution in [0.1, 0.15) is 42.4 Å². The summed E-state index contributed by atoms with van der Waals surface area (Å²) < 4.78 is 0. The van der Waals surface area contributed by atoms with E-state index in [9.17, 15) is 0 Å². The van der Waals surface area contributed by atoms with Gasteiger partial charge in [0.05, 0.1) is 0 Å². The van der Waals surface area contributed by atoms with Crippen molar-refractivity contribution in [3.63, 3.8) is 0 Å². The summed E-state index contributed by atoms with van der Waals surface area (Å²) in [6, 6.07) is 6.72. The van der Waals surface area contributed by atoms with Crippen molar-refractivity contribution in [1.29, 1.82) is 0 Å². The van der Waals surface area contributed by atoms with Crippen molar-refractivity contribution >= 4 is 0 Å². The Hall–Kier alpha value is -0.820. The fourth-order valence-electron chi connectivity index (χ4n) is 3.03. The van der Waals surface area contributed by atoms with Crippen molar-refractivity contribution in [2.45, 2.75) is 39.0 Å². The third-order valence-electron chi connectivity index (χ3n) is 3.92. The molecule has 0 aliphatic heterocycles. The minimum atomic E-state index is 0.693. The molecule has 0 amide bonds. The van der Waals surface area contributed by atoms with Crippen molar-refractivity contribution in [2.24, 2.45) is 11.7 Å². The summed E-state index contributed by atoms with van der Waals surface area (Å²) in [4.78, 5) is 0. The molecule has 15 heavy (non-hydrogen) atoms. The highest BCUT2D eigenvalue weighted by Gasteiger charge is 2.27. The molecule has 1 aromatic carbocycles. The molecule has 2 atom stereocenters. The third-order valence-corrected chi connectivity index (χ3v) is 3.92. The lowest BCUT2D eigenvalue weighted by molar-refractivity contribution is 0.371. The van der Waals surface area contributed by atoms with E-state index in [-0.39, 0.29) is 0 Å². The van der Waals surface area contributed by atoms with Crippen LogP contribution in [-0.2, 0) is 6.42 Å². The molecule has 0 aromatic heterocycles. The Labute approximate surface area is 92.7 Å². The van der Waals surface area contributed by atoms with Crippen LogP contribution < -0.4 is 5.73 Å². The van der Waals surface area contributed by atoms with E-state index in [0.717, 1.165) is 6.54 Å². The molecule has 1 aliphatic carbocycles. The van der Waals surface area contributed by atoms with Crippen molar-refractivity contribution in [1.82, 2.24) is 0 Å². The van der Waals surface area contributed by atoms with E-state index in [1.165, 1.54) is 24.8 Å². The lowest BCUT2D eigenvalue weighted by atomic mass is 9.73. The molecular formula is C14H21N.